The van der Waals surface area contributed by atoms with E-state index in [0.717, 1.165) is 12.8 Å². The average molecular weight is 383 g/mol. The minimum atomic E-state index is -0.872. The molecule has 1 aromatic heterocycles. The predicted molar refractivity (Wildman–Crippen MR) is 93.7 cm³/mol. The van der Waals surface area contributed by atoms with Gasteiger partial charge < -0.3 is 25.4 Å². The number of hydrogen-bond donors (Lipinski definition) is 3. The number of aliphatic hydroxyl groups excluding tert-OH is 1. The molecule has 10 nitrogen and oxygen atoms in total. The first-order chi connectivity index (χ1) is 12.9. The van der Waals surface area contributed by atoms with E-state index in [1.54, 1.807) is 0 Å². The van der Waals surface area contributed by atoms with Crippen LogP contribution in [0, 0.1) is 0 Å². The molecule has 3 atom stereocenters. The fraction of sp³-hybridized carbons (Fsp3) is 0.647. The van der Waals surface area contributed by atoms with Gasteiger partial charge in [0, 0.05) is 25.5 Å². The Bertz CT molecular complexity index is 706. The van der Waals surface area contributed by atoms with E-state index in [9.17, 15) is 19.5 Å². The van der Waals surface area contributed by atoms with Crippen LogP contribution >= 0.6 is 0 Å². The number of carboxylic acids is 1. The number of aromatic nitrogens is 2. The zero-order valence-corrected chi connectivity index (χ0v) is 15.0. The van der Waals surface area contributed by atoms with Crippen LogP contribution in [0.15, 0.2) is 17.1 Å². The first-order valence-corrected chi connectivity index (χ1v) is 8.92. The second-order valence-electron chi connectivity index (χ2n) is 6.47. The molecule has 1 saturated heterocycles. The zero-order chi connectivity index (χ0) is 19.8. The van der Waals surface area contributed by atoms with Gasteiger partial charge in [0.05, 0.1) is 6.10 Å². The predicted octanol–water partition coefficient (Wildman–Crippen LogP) is 0.442. The van der Waals surface area contributed by atoms with Crippen molar-refractivity contribution in [3.8, 4) is 0 Å². The van der Waals surface area contributed by atoms with E-state index in [4.69, 9.17) is 20.3 Å². The fourth-order valence-electron chi connectivity index (χ4n) is 2.83. The number of hydrogen-bond acceptors (Lipinski definition) is 8. The lowest BCUT2D eigenvalue weighted by Crippen LogP contribution is -2.29. The van der Waals surface area contributed by atoms with Gasteiger partial charge in [-0.2, -0.15) is 4.98 Å². The van der Waals surface area contributed by atoms with Gasteiger partial charge in [0.1, 0.15) is 24.8 Å². The quantitative estimate of drug-likeness (QED) is 0.385. The summed E-state index contributed by atoms with van der Waals surface area (Å²) in [5, 5.41) is 18.6. The van der Waals surface area contributed by atoms with Crippen LogP contribution in [0.5, 0.6) is 0 Å². The summed E-state index contributed by atoms with van der Waals surface area (Å²) in [5.74, 6) is -1.12. The standard InChI is InChI=1S/C17H25N3O7/c18-13-7-8-20(17(25)19-13)14-9-11(21)12(27-14)10-26-16(24)6-4-2-1-3-5-15(22)23/h7-8,11-12,14,21H,1-6,9-10H2,(H,22,23)(H2,18,19,25)/t11-,12+,14+/m0/s1. The summed E-state index contributed by atoms with van der Waals surface area (Å²) in [7, 11) is 0. The minimum Gasteiger partial charge on any atom is -0.481 e. The van der Waals surface area contributed by atoms with E-state index in [1.165, 1.54) is 16.8 Å². The Morgan fingerprint density at radius 1 is 1.30 bits per heavy atom. The van der Waals surface area contributed by atoms with Gasteiger partial charge in [-0.05, 0) is 18.9 Å². The summed E-state index contributed by atoms with van der Waals surface area (Å²) < 4.78 is 12.0. The Kier molecular flexibility index (Phi) is 7.74. The summed E-state index contributed by atoms with van der Waals surface area (Å²) >= 11 is 0. The highest BCUT2D eigenvalue weighted by Crippen LogP contribution is 2.28. The van der Waals surface area contributed by atoms with Crippen molar-refractivity contribution >= 4 is 17.8 Å². The zero-order valence-electron chi connectivity index (χ0n) is 15.0. The van der Waals surface area contributed by atoms with Gasteiger partial charge in [-0.25, -0.2) is 4.79 Å². The van der Waals surface area contributed by atoms with Crippen molar-refractivity contribution in [3.05, 3.63) is 22.7 Å². The Hall–Kier alpha value is -2.46. The first-order valence-electron chi connectivity index (χ1n) is 8.92. The van der Waals surface area contributed by atoms with Crippen molar-refractivity contribution in [2.24, 2.45) is 0 Å². The summed E-state index contributed by atoms with van der Waals surface area (Å²) in [5.41, 5.74) is 4.87. The molecule has 0 bridgehead atoms. The molecule has 1 aliphatic heterocycles. The largest absolute Gasteiger partial charge is 0.481 e. The number of nitrogens with zero attached hydrogens (tertiary/aromatic N) is 2. The molecule has 0 radical (unpaired) electrons. The van der Waals surface area contributed by atoms with Crippen molar-refractivity contribution in [2.75, 3.05) is 12.3 Å². The van der Waals surface area contributed by atoms with E-state index in [2.05, 4.69) is 4.98 Å². The third-order valence-corrected chi connectivity index (χ3v) is 4.30. The number of ether oxygens (including phenoxy) is 2. The number of carboxylic acid groups (broad SMARTS) is 1. The highest BCUT2D eigenvalue weighted by molar-refractivity contribution is 5.69. The Morgan fingerprint density at radius 2 is 2.00 bits per heavy atom. The minimum absolute atomic E-state index is 0.100. The van der Waals surface area contributed by atoms with E-state index in [1.807, 2.05) is 0 Å². The van der Waals surface area contributed by atoms with Gasteiger partial charge >= 0.3 is 17.6 Å². The molecule has 2 rings (SSSR count). The van der Waals surface area contributed by atoms with Crippen molar-refractivity contribution in [3.63, 3.8) is 0 Å². The van der Waals surface area contributed by atoms with Crippen molar-refractivity contribution in [2.45, 2.75) is 63.4 Å². The SMILES string of the molecule is Nc1ccn([C@H]2C[C@H](O)[C@@H](COC(=O)CCCCCCC(=O)O)O2)c(=O)n1. The lowest BCUT2D eigenvalue weighted by Gasteiger charge is -2.16. The number of anilines is 1. The monoisotopic (exact) mass is 383 g/mol. The van der Waals surface area contributed by atoms with E-state index in [-0.39, 0.29) is 31.7 Å². The van der Waals surface area contributed by atoms with E-state index < -0.39 is 36.1 Å². The van der Waals surface area contributed by atoms with Gasteiger partial charge in [0.15, 0.2) is 0 Å². The summed E-state index contributed by atoms with van der Waals surface area (Å²) in [6.45, 7) is -0.104. The lowest BCUT2D eigenvalue weighted by molar-refractivity contribution is -0.150. The van der Waals surface area contributed by atoms with Crippen molar-refractivity contribution in [1.82, 2.24) is 9.55 Å². The smallest absolute Gasteiger partial charge is 0.351 e. The number of rotatable bonds is 10. The topological polar surface area (TPSA) is 154 Å². The fourth-order valence-corrected chi connectivity index (χ4v) is 2.83. The van der Waals surface area contributed by atoms with Crippen LogP contribution < -0.4 is 11.4 Å². The highest BCUT2D eigenvalue weighted by Gasteiger charge is 2.36. The van der Waals surface area contributed by atoms with Crippen LogP contribution in [0.3, 0.4) is 0 Å². The number of nitrogen functional groups attached to an aromatic ring is 1. The highest BCUT2D eigenvalue weighted by atomic mass is 16.6. The molecule has 0 amide bonds. The second-order valence-corrected chi connectivity index (χ2v) is 6.47. The van der Waals surface area contributed by atoms with Gasteiger partial charge in [0.2, 0.25) is 0 Å². The first kappa shape index (κ1) is 20.8. The number of aliphatic hydroxyl groups is 1. The molecule has 150 valence electrons. The molecule has 1 aliphatic rings. The van der Waals surface area contributed by atoms with Crippen LogP contribution in [-0.2, 0) is 19.1 Å². The van der Waals surface area contributed by atoms with Gasteiger partial charge in [-0.3, -0.25) is 14.2 Å². The van der Waals surface area contributed by atoms with Crippen LogP contribution in [0.4, 0.5) is 5.82 Å². The number of carbonyl (C=O) groups is 2. The summed E-state index contributed by atoms with van der Waals surface area (Å²) in [4.78, 5) is 37.6. The van der Waals surface area contributed by atoms with Crippen LogP contribution in [-0.4, -0.2) is 50.5 Å². The van der Waals surface area contributed by atoms with Crippen LogP contribution in [0.2, 0.25) is 0 Å². The molecule has 2 heterocycles. The molecule has 0 unspecified atom stereocenters. The molecular formula is C17H25N3O7. The maximum atomic E-state index is 11.8. The Labute approximate surface area is 155 Å². The molecular weight excluding hydrogens is 358 g/mol. The maximum Gasteiger partial charge on any atom is 0.351 e. The lowest BCUT2D eigenvalue weighted by atomic mass is 10.1. The Morgan fingerprint density at radius 3 is 2.67 bits per heavy atom. The van der Waals surface area contributed by atoms with Crippen LogP contribution in [0.1, 0.15) is 51.2 Å². The molecule has 4 N–H and O–H groups in total. The number of aliphatic carboxylic acids is 1. The average Bonchev–Trinajstić information content (AvgIpc) is 2.96. The normalized spacial score (nSPS) is 21.9. The second kappa shape index (κ2) is 10.0. The number of nitrogens with two attached hydrogens (primary N) is 1. The maximum absolute atomic E-state index is 11.8. The Balaban J connectivity index is 1.69. The molecule has 1 fully saturated rings. The third kappa shape index (κ3) is 6.65. The molecule has 10 heteroatoms. The van der Waals surface area contributed by atoms with Gasteiger partial charge in [-0.15, -0.1) is 0 Å². The molecule has 0 spiro atoms. The van der Waals surface area contributed by atoms with Gasteiger partial charge in [-0.1, -0.05) is 12.8 Å². The molecule has 0 aliphatic carbocycles. The van der Waals surface area contributed by atoms with Crippen molar-refractivity contribution in [1.29, 1.82) is 0 Å². The molecule has 0 saturated carbocycles. The van der Waals surface area contributed by atoms with Gasteiger partial charge in [0.25, 0.3) is 0 Å². The molecule has 1 aromatic rings. The third-order valence-electron chi connectivity index (χ3n) is 4.30. The van der Waals surface area contributed by atoms with E-state index >= 15 is 0 Å². The molecule has 0 aromatic carbocycles. The summed E-state index contributed by atoms with van der Waals surface area (Å²) in [6, 6.07) is 1.46. The number of carbonyl (C=O) groups excluding carboxylic acids is 1. The number of unbranched alkanes of at least 4 members (excludes halogenated alkanes) is 3. The molecule has 27 heavy (non-hydrogen) atoms. The van der Waals surface area contributed by atoms with Crippen molar-refractivity contribution < 1.29 is 29.3 Å². The van der Waals surface area contributed by atoms with Crippen LogP contribution in [0.25, 0.3) is 0 Å². The summed E-state index contributed by atoms with van der Waals surface area (Å²) in [6.07, 6.45) is 2.39. The number of esters is 1. The van der Waals surface area contributed by atoms with E-state index in [0.29, 0.717) is 12.8 Å².